The van der Waals surface area contributed by atoms with Crippen molar-refractivity contribution in [2.45, 2.75) is 13.8 Å². The number of halogens is 1. The van der Waals surface area contributed by atoms with E-state index in [2.05, 4.69) is 36.2 Å². The van der Waals surface area contributed by atoms with Crippen molar-refractivity contribution in [1.29, 1.82) is 0 Å². The first kappa shape index (κ1) is 14.4. The monoisotopic (exact) mass is 339 g/mol. The molecule has 1 aromatic carbocycles. The van der Waals surface area contributed by atoms with E-state index in [4.69, 9.17) is 16.6 Å². The lowest BCUT2D eigenvalue weighted by atomic mass is 10.2. The highest BCUT2D eigenvalue weighted by Crippen LogP contribution is 2.35. The van der Waals surface area contributed by atoms with Crippen molar-refractivity contribution in [3.05, 3.63) is 65.1 Å². The summed E-state index contributed by atoms with van der Waals surface area (Å²) in [5.74, 6) is 0. The quantitative estimate of drug-likeness (QED) is 0.489. The zero-order valence-corrected chi connectivity index (χ0v) is 14.3. The molecule has 0 aliphatic carbocycles. The molecule has 0 radical (unpaired) electrons. The summed E-state index contributed by atoms with van der Waals surface area (Å²) in [6.07, 6.45) is 3.87. The first-order chi connectivity index (χ1) is 11.1. The Bertz CT molecular complexity index is 999. The van der Waals surface area contributed by atoms with Gasteiger partial charge in [-0.25, -0.2) is 9.97 Å². The normalized spacial score (nSPS) is 11.3. The van der Waals surface area contributed by atoms with Gasteiger partial charge >= 0.3 is 0 Å². The molecule has 0 aliphatic rings. The molecule has 5 heteroatoms. The third-order valence-electron chi connectivity index (χ3n) is 3.74. The van der Waals surface area contributed by atoms with Crippen LogP contribution in [0.5, 0.6) is 0 Å². The number of fused-ring (bicyclic) bond motifs is 1. The van der Waals surface area contributed by atoms with Crippen LogP contribution >= 0.6 is 22.9 Å². The van der Waals surface area contributed by atoms with Crippen LogP contribution < -0.4 is 0 Å². The molecule has 3 nitrogen and oxygen atoms in total. The van der Waals surface area contributed by atoms with Crippen molar-refractivity contribution < 1.29 is 0 Å². The summed E-state index contributed by atoms with van der Waals surface area (Å²) in [6.45, 7) is 4.12. The molecule has 0 atom stereocenters. The van der Waals surface area contributed by atoms with Crippen LogP contribution in [0.25, 0.3) is 26.8 Å². The van der Waals surface area contributed by atoms with Crippen LogP contribution in [-0.4, -0.2) is 14.4 Å². The largest absolute Gasteiger partial charge is 0.305 e. The molecule has 0 saturated carbocycles. The van der Waals surface area contributed by atoms with E-state index in [1.807, 2.05) is 35.9 Å². The van der Waals surface area contributed by atoms with Crippen LogP contribution in [0.1, 0.15) is 11.3 Å². The summed E-state index contributed by atoms with van der Waals surface area (Å²) in [6, 6.07) is 12.2. The molecular weight excluding hydrogens is 326 g/mol. The van der Waals surface area contributed by atoms with Gasteiger partial charge in [0.1, 0.15) is 16.3 Å². The van der Waals surface area contributed by atoms with Gasteiger partial charge in [-0.3, -0.25) is 0 Å². The fraction of sp³-hybridized carbons (Fsp3) is 0.111. The number of hydrogen-bond acceptors (Lipinski definition) is 3. The zero-order chi connectivity index (χ0) is 16.0. The minimum Gasteiger partial charge on any atom is -0.305 e. The van der Waals surface area contributed by atoms with Gasteiger partial charge in [0.25, 0.3) is 0 Å². The molecule has 0 saturated heterocycles. The van der Waals surface area contributed by atoms with Gasteiger partial charge in [-0.2, -0.15) is 0 Å². The number of nitrogens with zero attached hydrogens (tertiary/aromatic N) is 3. The van der Waals surface area contributed by atoms with Gasteiger partial charge < -0.3 is 4.40 Å². The van der Waals surface area contributed by atoms with Gasteiger partial charge in [0.05, 0.1) is 15.6 Å². The predicted octanol–water partition coefficient (Wildman–Crippen LogP) is 5.40. The Kier molecular flexibility index (Phi) is 3.43. The van der Waals surface area contributed by atoms with E-state index in [1.165, 1.54) is 5.56 Å². The van der Waals surface area contributed by atoms with Gasteiger partial charge in [0, 0.05) is 18.0 Å². The highest BCUT2D eigenvalue weighted by Gasteiger charge is 2.14. The fourth-order valence-electron chi connectivity index (χ4n) is 2.53. The molecule has 0 bridgehead atoms. The Balaban J connectivity index is 1.80. The van der Waals surface area contributed by atoms with Gasteiger partial charge in [-0.1, -0.05) is 41.4 Å². The third-order valence-corrected chi connectivity index (χ3v) is 5.20. The van der Waals surface area contributed by atoms with E-state index in [0.717, 1.165) is 32.5 Å². The number of benzene rings is 1. The Morgan fingerprint density at radius 3 is 2.52 bits per heavy atom. The SMILES string of the molecule is Cc1ccc(-c2nc(C)c(-c3cn4cc(Cl)ccc4n3)s2)cc1. The van der Waals surface area contributed by atoms with Crippen molar-refractivity contribution in [1.82, 2.24) is 14.4 Å². The maximum atomic E-state index is 6.04. The second kappa shape index (κ2) is 5.48. The van der Waals surface area contributed by atoms with Crippen LogP contribution in [-0.2, 0) is 0 Å². The maximum Gasteiger partial charge on any atom is 0.137 e. The van der Waals surface area contributed by atoms with E-state index in [9.17, 15) is 0 Å². The summed E-state index contributed by atoms with van der Waals surface area (Å²) in [5.41, 5.74) is 5.20. The molecule has 3 aromatic heterocycles. The number of aromatic nitrogens is 3. The fourth-order valence-corrected chi connectivity index (χ4v) is 3.72. The molecule has 0 spiro atoms. The summed E-state index contributed by atoms with van der Waals surface area (Å²) >= 11 is 7.71. The van der Waals surface area contributed by atoms with Gasteiger partial charge in [0.2, 0.25) is 0 Å². The molecule has 0 unspecified atom stereocenters. The average Bonchev–Trinajstić information content (AvgIpc) is 3.10. The maximum absolute atomic E-state index is 6.04. The topological polar surface area (TPSA) is 30.2 Å². The number of hydrogen-bond donors (Lipinski definition) is 0. The van der Waals surface area contributed by atoms with E-state index >= 15 is 0 Å². The van der Waals surface area contributed by atoms with Crippen molar-refractivity contribution in [2.24, 2.45) is 0 Å². The molecule has 4 rings (SSSR count). The van der Waals surface area contributed by atoms with Crippen molar-refractivity contribution >= 4 is 28.6 Å². The number of aryl methyl sites for hydroxylation is 2. The summed E-state index contributed by atoms with van der Waals surface area (Å²) in [5, 5.41) is 1.72. The predicted molar refractivity (Wildman–Crippen MR) is 96.2 cm³/mol. The van der Waals surface area contributed by atoms with Crippen LogP contribution in [0.15, 0.2) is 48.8 Å². The highest BCUT2D eigenvalue weighted by atomic mass is 35.5. The number of pyridine rings is 1. The number of thiazole rings is 1. The van der Waals surface area contributed by atoms with Crippen molar-refractivity contribution in [2.75, 3.05) is 0 Å². The Morgan fingerprint density at radius 2 is 1.74 bits per heavy atom. The minimum atomic E-state index is 0.697. The number of imidazole rings is 1. The minimum absolute atomic E-state index is 0.697. The smallest absolute Gasteiger partial charge is 0.137 e. The van der Waals surface area contributed by atoms with E-state index < -0.39 is 0 Å². The third kappa shape index (κ3) is 2.64. The van der Waals surface area contributed by atoms with E-state index in [-0.39, 0.29) is 0 Å². The van der Waals surface area contributed by atoms with Crippen molar-refractivity contribution in [3.63, 3.8) is 0 Å². The lowest BCUT2D eigenvalue weighted by Crippen LogP contribution is -1.79. The average molecular weight is 340 g/mol. The standard InChI is InChI=1S/C18H14ClN3S/c1-11-3-5-13(6-4-11)18-20-12(2)17(23-18)15-10-22-9-14(19)7-8-16(22)21-15/h3-10H,1-2H3. The van der Waals surface area contributed by atoms with Crippen LogP contribution in [0.2, 0.25) is 5.02 Å². The molecule has 0 amide bonds. The van der Waals surface area contributed by atoms with Gasteiger partial charge in [-0.05, 0) is 26.0 Å². The summed E-state index contributed by atoms with van der Waals surface area (Å²) < 4.78 is 1.95. The van der Waals surface area contributed by atoms with E-state index in [0.29, 0.717) is 5.02 Å². The Hall–Kier alpha value is -2.17. The van der Waals surface area contributed by atoms with Gasteiger partial charge in [0.15, 0.2) is 0 Å². The van der Waals surface area contributed by atoms with Crippen molar-refractivity contribution in [3.8, 4) is 21.1 Å². The summed E-state index contributed by atoms with van der Waals surface area (Å²) in [7, 11) is 0. The zero-order valence-electron chi connectivity index (χ0n) is 12.7. The second-order valence-corrected chi connectivity index (χ2v) is 6.97. The lowest BCUT2D eigenvalue weighted by molar-refractivity contribution is 1.19. The Labute approximate surface area is 143 Å². The van der Waals surface area contributed by atoms with Crippen LogP contribution in [0, 0.1) is 13.8 Å². The number of rotatable bonds is 2. The highest BCUT2D eigenvalue weighted by molar-refractivity contribution is 7.18. The van der Waals surface area contributed by atoms with Crippen LogP contribution in [0.4, 0.5) is 0 Å². The second-order valence-electron chi connectivity index (χ2n) is 5.54. The Morgan fingerprint density at radius 1 is 0.957 bits per heavy atom. The molecule has 3 heterocycles. The first-order valence-corrected chi connectivity index (χ1v) is 8.49. The molecule has 114 valence electrons. The summed E-state index contributed by atoms with van der Waals surface area (Å²) in [4.78, 5) is 10.5. The van der Waals surface area contributed by atoms with Gasteiger partial charge in [-0.15, -0.1) is 11.3 Å². The molecular formula is C18H14ClN3S. The molecule has 4 aromatic rings. The lowest BCUT2D eigenvalue weighted by Gasteiger charge is -1.96. The molecule has 0 fully saturated rings. The molecule has 0 N–H and O–H groups in total. The first-order valence-electron chi connectivity index (χ1n) is 7.29. The molecule has 23 heavy (non-hydrogen) atoms. The van der Waals surface area contributed by atoms with Crippen LogP contribution in [0.3, 0.4) is 0 Å². The van der Waals surface area contributed by atoms with E-state index in [1.54, 1.807) is 11.3 Å². The molecule has 0 aliphatic heterocycles.